The van der Waals surface area contributed by atoms with E-state index in [1.165, 1.54) is 24.3 Å². The lowest BCUT2D eigenvalue weighted by atomic mass is 10.0. The van der Waals surface area contributed by atoms with E-state index in [0.717, 1.165) is 25.0 Å². The SMILES string of the molecule is CCCC(C)N/C(=N/C(=O)c1ccc(Cl)c(F)c1)NC1CC(c2cc(F)cc(F)c2)NN1. The van der Waals surface area contributed by atoms with E-state index in [4.69, 9.17) is 11.6 Å². The molecule has 1 aliphatic rings. The van der Waals surface area contributed by atoms with Gasteiger partial charge in [0.2, 0.25) is 5.96 Å². The van der Waals surface area contributed by atoms with Crippen molar-refractivity contribution < 1.29 is 18.0 Å². The molecular formula is C22H25ClF3N5O. The van der Waals surface area contributed by atoms with Gasteiger partial charge in [-0.25, -0.2) is 24.0 Å². The second kappa shape index (κ2) is 10.8. The number of rotatable bonds is 6. The quantitative estimate of drug-likeness (QED) is 0.378. The molecule has 0 aromatic heterocycles. The minimum Gasteiger partial charge on any atom is -0.354 e. The molecule has 3 rings (SSSR count). The number of aliphatic imine (C=N–C) groups is 1. The molecule has 1 fully saturated rings. The van der Waals surface area contributed by atoms with E-state index < -0.39 is 23.4 Å². The van der Waals surface area contributed by atoms with Gasteiger partial charge in [-0.1, -0.05) is 24.9 Å². The molecule has 3 unspecified atom stereocenters. The van der Waals surface area contributed by atoms with Crippen molar-refractivity contribution in [3.8, 4) is 0 Å². The Morgan fingerprint density at radius 1 is 1.19 bits per heavy atom. The molecule has 1 heterocycles. The second-order valence-corrected chi connectivity index (χ2v) is 8.11. The van der Waals surface area contributed by atoms with Gasteiger partial charge in [-0.05, 0) is 49.2 Å². The van der Waals surface area contributed by atoms with E-state index in [2.05, 4.69) is 26.5 Å². The van der Waals surface area contributed by atoms with Crippen LogP contribution in [0.2, 0.25) is 5.02 Å². The Bertz CT molecular complexity index is 983. The molecule has 1 amide bonds. The first-order valence-corrected chi connectivity index (χ1v) is 10.7. The fourth-order valence-electron chi connectivity index (χ4n) is 3.45. The predicted molar refractivity (Wildman–Crippen MR) is 118 cm³/mol. The first-order valence-electron chi connectivity index (χ1n) is 10.3. The summed E-state index contributed by atoms with van der Waals surface area (Å²) in [6.07, 6.45) is 1.80. The minimum atomic E-state index is -0.707. The standard InChI is InChI=1S/C22H25ClF3N5O/c1-3-4-12(2)27-22(29-21(32)13-5-6-17(23)18(26)9-13)28-20-11-19(30-31-20)14-7-15(24)10-16(25)8-14/h5-10,12,19-20,30-31H,3-4,11H2,1-2H3,(H2,27,28,29,32). The van der Waals surface area contributed by atoms with E-state index in [9.17, 15) is 18.0 Å². The number of amides is 1. The van der Waals surface area contributed by atoms with Crippen molar-refractivity contribution in [3.05, 3.63) is 70.0 Å². The number of nitrogens with zero attached hydrogens (tertiary/aromatic N) is 1. The van der Waals surface area contributed by atoms with Crippen LogP contribution in [0.15, 0.2) is 41.4 Å². The van der Waals surface area contributed by atoms with Gasteiger partial charge in [0.1, 0.15) is 17.5 Å². The van der Waals surface area contributed by atoms with Crippen LogP contribution in [0.5, 0.6) is 0 Å². The summed E-state index contributed by atoms with van der Waals surface area (Å²) in [4.78, 5) is 16.7. The number of benzene rings is 2. The Morgan fingerprint density at radius 2 is 1.91 bits per heavy atom. The van der Waals surface area contributed by atoms with Crippen LogP contribution in [0.3, 0.4) is 0 Å². The molecule has 0 radical (unpaired) electrons. The van der Waals surface area contributed by atoms with Gasteiger partial charge in [0.05, 0.1) is 11.2 Å². The Balaban J connectivity index is 1.74. The van der Waals surface area contributed by atoms with Gasteiger partial charge in [-0.15, -0.1) is 0 Å². The third kappa shape index (κ3) is 6.44. The molecule has 1 aliphatic heterocycles. The lowest BCUT2D eigenvalue weighted by Gasteiger charge is -2.20. The maximum atomic E-state index is 13.7. The molecule has 2 aromatic rings. The summed E-state index contributed by atoms with van der Waals surface area (Å²) in [5.41, 5.74) is 6.49. The molecule has 172 valence electrons. The summed E-state index contributed by atoms with van der Waals surface area (Å²) >= 11 is 5.68. The minimum absolute atomic E-state index is 0.0171. The van der Waals surface area contributed by atoms with Gasteiger partial charge < -0.3 is 10.6 Å². The third-order valence-electron chi connectivity index (χ3n) is 4.99. The average Bonchev–Trinajstić information content (AvgIpc) is 3.18. The normalized spacial score (nSPS) is 19.6. The van der Waals surface area contributed by atoms with Crippen molar-refractivity contribution in [2.24, 2.45) is 4.99 Å². The van der Waals surface area contributed by atoms with Crippen LogP contribution in [0.25, 0.3) is 0 Å². The zero-order chi connectivity index (χ0) is 23.3. The van der Waals surface area contributed by atoms with Gasteiger partial charge in [-0.3, -0.25) is 4.79 Å². The molecule has 0 aliphatic carbocycles. The maximum absolute atomic E-state index is 13.7. The largest absolute Gasteiger partial charge is 0.354 e. The van der Waals surface area contributed by atoms with Gasteiger partial charge >= 0.3 is 0 Å². The number of hydrogen-bond donors (Lipinski definition) is 4. The molecule has 0 spiro atoms. The van der Waals surface area contributed by atoms with Gasteiger partial charge in [0.15, 0.2) is 0 Å². The lowest BCUT2D eigenvalue weighted by Crippen LogP contribution is -2.51. The van der Waals surface area contributed by atoms with Crippen molar-refractivity contribution in [3.63, 3.8) is 0 Å². The number of carbonyl (C=O) groups is 1. The van der Waals surface area contributed by atoms with Gasteiger partial charge in [0.25, 0.3) is 5.91 Å². The van der Waals surface area contributed by atoms with Gasteiger partial charge in [-0.2, -0.15) is 4.99 Å². The van der Waals surface area contributed by atoms with E-state index in [1.807, 2.05) is 13.8 Å². The van der Waals surface area contributed by atoms with Crippen LogP contribution in [0, 0.1) is 17.5 Å². The fraction of sp³-hybridized carbons (Fsp3) is 0.364. The topological polar surface area (TPSA) is 77.5 Å². The highest BCUT2D eigenvalue weighted by Crippen LogP contribution is 2.23. The molecule has 0 bridgehead atoms. The number of halogens is 4. The second-order valence-electron chi connectivity index (χ2n) is 7.71. The summed E-state index contributed by atoms with van der Waals surface area (Å²) in [6, 6.07) is 6.73. The summed E-state index contributed by atoms with van der Waals surface area (Å²) < 4.78 is 40.9. The summed E-state index contributed by atoms with van der Waals surface area (Å²) in [6.45, 7) is 3.99. The van der Waals surface area contributed by atoms with Crippen LogP contribution < -0.4 is 21.5 Å². The van der Waals surface area contributed by atoms with Crippen LogP contribution in [-0.4, -0.2) is 24.1 Å². The highest BCUT2D eigenvalue weighted by atomic mass is 35.5. The summed E-state index contributed by atoms with van der Waals surface area (Å²) in [5, 5.41) is 6.17. The molecule has 3 atom stereocenters. The van der Waals surface area contributed by atoms with Crippen molar-refractivity contribution in [2.75, 3.05) is 0 Å². The highest BCUT2D eigenvalue weighted by molar-refractivity contribution is 6.30. The Kier molecular flexibility index (Phi) is 8.11. The molecular weight excluding hydrogens is 443 g/mol. The number of carbonyl (C=O) groups excluding carboxylic acids is 1. The molecule has 0 saturated carbocycles. The Morgan fingerprint density at radius 3 is 2.56 bits per heavy atom. The van der Waals surface area contributed by atoms with Crippen molar-refractivity contribution >= 4 is 23.5 Å². The molecule has 2 aromatic carbocycles. The monoisotopic (exact) mass is 467 g/mol. The predicted octanol–water partition coefficient (Wildman–Crippen LogP) is 4.19. The number of guanidine groups is 1. The molecule has 10 heteroatoms. The van der Waals surface area contributed by atoms with E-state index in [0.29, 0.717) is 12.0 Å². The zero-order valence-electron chi connectivity index (χ0n) is 17.7. The van der Waals surface area contributed by atoms with E-state index in [1.54, 1.807) is 0 Å². The lowest BCUT2D eigenvalue weighted by molar-refractivity contribution is 0.100. The maximum Gasteiger partial charge on any atom is 0.280 e. The fourth-order valence-corrected chi connectivity index (χ4v) is 3.57. The highest BCUT2D eigenvalue weighted by Gasteiger charge is 2.27. The van der Waals surface area contributed by atoms with E-state index >= 15 is 0 Å². The van der Waals surface area contributed by atoms with Crippen molar-refractivity contribution in [2.45, 2.75) is 51.4 Å². The summed E-state index contributed by atoms with van der Waals surface area (Å²) in [7, 11) is 0. The van der Waals surface area contributed by atoms with Crippen molar-refractivity contribution in [1.82, 2.24) is 21.5 Å². The number of hydrogen-bond acceptors (Lipinski definition) is 3. The Hall–Kier alpha value is -2.62. The zero-order valence-corrected chi connectivity index (χ0v) is 18.4. The number of hydrazine groups is 1. The first-order chi connectivity index (χ1) is 15.2. The van der Waals surface area contributed by atoms with Crippen LogP contribution in [0.4, 0.5) is 13.2 Å². The summed E-state index contributed by atoms with van der Waals surface area (Å²) in [5.74, 6) is -2.46. The van der Waals surface area contributed by atoms with E-state index in [-0.39, 0.29) is 34.8 Å². The van der Waals surface area contributed by atoms with Gasteiger partial charge in [0, 0.05) is 30.1 Å². The Labute approximate surface area is 189 Å². The smallest absolute Gasteiger partial charge is 0.280 e. The third-order valence-corrected chi connectivity index (χ3v) is 5.29. The molecule has 1 saturated heterocycles. The van der Waals surface area contributed by atoms with Crippen LogP contribution in [0.1, 0.15) is 55.1 Å². The molecule has 32 heavy (non-hydrogen) atoms. The first kappa shape index (κ1) is 24.0. The van der Waals surface area contributed by atoms with Crippen LogP contribution >= 0.6 is 11.6 Å². The van der Waals surface area contributed by atoms with Crippen LogP contribution in [-0.2, 0) is 0 Å². The molecule has 6 nitrogen and oxygen atoms in total. The van der Waals surface area contributed by atoms with Crippen molar-refractivity contribution in [1.29, 1.82) is 0 Å². The average molecular weight is 468 g/mol. The number of nitrogens with one attached hydrogen (secondary N) is 4. The molecule has 4 N–H and O–H groups in total.